The predicted octanol–water partition coefficient (Wildman–Crippen LogP) is 9.15. The third-order valence-corrected chi connectivity index (χ3v) is 12.5. The van der Waals surface area contributed by atoms with Gasteiger partial charge in [-0.05, 0) is 83.3 Å². The summed E-state index contributed by atoms with van der Waals surface area (Å²) in [5.74, 6) is -2.67. The zero-order chi connectivity index (χ0) is 61.5. The second-order valence-electron chi connectivity index (χ2n) is 13.2. The highest BCUT2D eigenvalue weighted by atomic mass is 32.2. The molecule has 0 atom stereocenters. The zero-order valence-corrected chi connectivity index (χ0v) is 49.4. The smallest absolute Gasteiger partial charge is 0.330 e. The van der Waals surface area contributed by atoms with E-state index in [4.69, 9.17) is 5.21 Å². The summed E-state index contributed by atoms with van der Waals surface area (Å²) < 4.78 is 85.7. The Balaban J connectivity index is -0.000000203. The minimum absolute atomic E-state index is 0.0163. The summed E-state index contributed by atoms with van der Waals surface area (Å²) in [6, 6.07) is 0. The van der Waals surface area contributed by atoms with E-state index in [0.29, 0.717) is 11.1 Å². The van der Waals surface area contributed by atoms with Gasteiger partial charge in [-0.2, -0.15) is 12.6 Å². The minimum Gasteiger partial charge on any atom is -0.466 e. The molecule has 1 amide bonds. The molecule has 0 aromatic heterocycles. The van der Waals surface area contributed by atoms with Crippen LogP contribution in [-0.2, 0) is 72.4 Å². The summed E-state index contributed by atoms with van der Waals surface area (Å²) in [6.07, 6.45) is 34.1. The Morgan fingerprint density at radius 3 is 0.844 bits per heavy atom. The molecule has 0 aliphatic heterocycles. The molecular weight excluding hydrogens is 1090 g/mol. The largest absolute Gasteiger partial charge is 0.466 e. The number of amides is 1. The summed E-state index contributed by atoms with van der Waals surface area (Å²) in [6.45, 7) is 37.0. The number of hydroxylamine groups is 1. The molecule has 424 valence electrons. The summed E-state index contributed by atoms with van der Waals surface area (Å²) in [7, 11) is -5.08. The van der Waals surface area contributed by atoms with Crippen LogP contribution in [0.3, 0.4) is 0 Å². The normalized spacial score (nSPS) is 12.5. The fourth-order valence-electron chi connectivity index (χ4n) is 4.36. The van der Waals surface area contributed by atoms with E-state index in [2.05, 4.69) is 97.4 Å². The number of rotatable bonds is 24. The highest BCUT2D eigenvalue weighted by Crippen LogP contribution is 2.20. The number of carbonyl (C=O) groups excluding carboxylic acids is 5. The van der Waals surface area contributed by atoms with Gasteiger partial charge in [-0.1, -0.05) is 127 Å². The topological polar surface area (TPSA) is 257 Å². The maximum Gasteiger partial charge on any atom is 0.330 e. The second kappa shape index (κ2) is 47.1. The van der Waals surface area contributed by atoms with Crippen molar-refractivity contribution in [2.45, 2.75) is 6.92 Å². The van der Waals surface area contributed by atoms with Crippen LogP contribution in [0.25, 0.3) is 0 Å². The van der Waals surface area contributed by atoms with Crippen LogP contribution in [0.5, 0.6) is 0 Å². The number of allylic oxidation sites excluding steroid dienone is 21. The number of thiol groups is 1. The SMILES string of the molecule is C=C/C(C)=C(C=C)/C=C/C(=O)OC.C=CC(/C=C/C(=O)NO)=C(\C=C)S(C)(=O)=O.C=CC(/C=C/C(=O)OC)=C(\C=C)S(C)(=O)=O.C=CC(/C=C/C(=O)OC)=C(\C=C)S(C)(=O)=O.C=CC(/C=C/C(=O)OC)=C(\C=C)SC.CS. The van der Waals surface area contributed by atoms with Gasteiger partial charge in [0.15, 0.2) is 29.5 Å². The Kier molecular flexibility index (Phi) is 49.6. The maximum absolute atomic E-state index is 11.4. The molecule has 0 fully saturated rings. The van der Waals surface area contributed by atoms with Crippen LogP contribution in [0, 0.1) is 0 Å². The number of carbonyl (C=O) groups is 5. The van der Waals surface area contributed by atoms with E-state index >= 15 is 0 Å². The van der Waals surface area contributed by atoms with Gasteiger partial charge in [0, 0.05) is 54.1 Å². The first-order valence-corrected chi connectivity index (χ1v) is 28.9. The first-order valence-electron chi connectivity index (χ1n) is 21.1. The summed E-state index contributed by atoms with van der Waals surface area (Å²) in [5, 5.41) is 8.24. The number of sulfone groups is 3. The van der Waals surface area contributed by atoms with Gasteiger partial charge in [-0.25, -0.2) is 49.9 Å². The van der Waals surface area contributed by atoms with Crippen LogP contribution >= 0.6 is 24.4 Å². The number of nitrogens with one attached hydrogen (secondary N) is 1. The monoisotopic (exact) mass is 1160 g/mol. The van der Waals surface area contributed by atoms with Crippen LogP contribution in [0.4, 0.5) is 0 Å². The number of ether oxygens (including phenoxy) is 4. The quantitative estimate of drug-likeness (QED) is 0.0155. The Morgan fingerprint density at radius 2 is 0.662 bits per heavy atom. The first kappa shape index (κ1) is 81.0. The minimum atomic E-state index is -3.44. The molecule has 0 unspecified atom stereocenters. The number of hydrogen-bond acceptors (Lipinski definition) is 18. The van der Waals surface area contributed by atoms with Gasteiger partial charge in [0.2, 0.25) is 0 Å². The van der Waals surface area contributed by atoms with E-state index < -0.39 is 47.4 Å². The van der Waals surface area contributed by atoms with E-state index in [1.807, 2.05) is 13.2 Å². The van der Waals surface area contributed by atoms with Gasteiger partial charge in [-0.15, -0.1) is 11.8 Å². The van der Waals surface area contributed by atoms with Gasteiger partial charge in [0.1, 0.15) is 0 Å². The molecular formula is C55H73NO16S5. The predicted molar refractivity (Wildman–Crippen MR) is 319 cm³/mol. The van der Waals surface area contributed by atoms with E-state index in [-0.39, 0.29) is 32.2 Å². The zero-order valence-electron chi connectivity index (χ0n) is 45.3. The van der Waals surface area contributed by atoms with E-state index in [1.54, 1.807) is 54.5 Å². The van der Waals surface area contributed by atoms with Gasteiger partial charge in [0.05, 0.1) is 43.2 Å². The third kappa shape index (κ3) is 39.7. The molecule has 0 aliphatic rings. The highest BCUT2D eigenvalue weighted by Gasteiger charge is 2.13. The van der Waals surface area contributed by atoms with Crippen molar-refractivity contribution in [2.75, 3.05) is 59.7 Å². The van der Waals surface area contributed by atoms with E-state index in [0.717, 1.165) is 64.7 Å². The average Bonchev–Trinajstić information content (AvgIpc) is 3.40. The Bertz CT molecular complexity index is 2600. The first-order chi connectivity index (χ1) is 35.9. The van der Waals surface area contributed by atoms with Gasteiger partial charge in [-0.3, -0.25) is 10.0 Å². The number of hydrogen-bond donors (Lipinski definition) is 3. The fraction of sp³-hybridized carbons (Fsp3) is 0.182. The summed E-state index contributed by atoms with van der Waals surface area (Å²) in [4.78, 5) is 55.0. The fourth-order valence-corrected chi connectivity index (χ4v) is 7.56. The number of methoxy groups -OCH3 is 4. The molecule has 0 rings (SSSR count). The van der Waals surface area contributed by atoms with Crippen LogP contribution in [0.15, 0.2) is 240 Å². The Morgan fingerprint density at radius 1 is 0.416 bits per heavy atom. The van der Waals surface area contributed by atoms with Crippen molar-refractivity contribution in [3.63, 3.8) is 0 Å². The van der Waals surface area contributed by atoms with Gasteiger partial charge in [0.25, 0.3) is 5.91 Å². The van der Waals surface area contributed by atoms with Crippen molar-refractivity contribution in [2.24, 2.45) is 0 Å². The lowest BCUT2D eigenvalue weighted by Gasteiger charge is -2.02. The molecule has 0 saturated heterocycles. The molecule has 2 N–H and O–H groups in total. The Hall–Kier alpha value is -7.34. The molecule has 0 aromatic carbocycles. The van der Waals surface area contributed by atoms with Crippen molar-refractivity contribution < 1.29 is 73.4 Å². The molecule has 0 heterocycles. The number of esters is 4. The molecule has 17 nitrogen and oxygen atoms in total. The van der Waals surface area contributed by atoms with Crippen molar-refractivity contribution in [3.05, 3.63) is 240 Å². The van der Waals surface area contributed by atoms with Crippen LogP contribution < -0.4 is 5.48 Å². The molecule has 0 saturated carbocycles. The second-order valence-corrected chi connectivity index (χ2v) is 20.0. The van der Waals surface area contributed by atoms with E-state index in [9.17, 15) is 49.2 Å². The molecule has 0 aromatic rings. The molecule has 0 radical (unpaired) electrons. The lowest BCUT2D eigenvalue weighted by atomic mass is 10.1. The molecule has 22 heteroatoms. The lowest BCUT2D eigenvalue weighted by molar-refractivity contribution is -0.135. The van der Waals surface area contributed by atoms with Crippen LogP contribution in [-0.4, -0.2) is 120 Å². The van der Waals surface area contributed by atoms with Crippen LogP contribution in [0.2, 0.25) is 0 Å². The maximum atomic E-state index is 11.4. The molecule has 0 bridgehead atoms. The van der Waals surface area contributed by atoms with Gasteiger partial charge >= 0.3 is 23.9 Å². The van der Waals surface area contributed by atoms with Crippen molar-refractivity contribution in [3.8, 4) is 0 Å². The standard InChI is InChI=1S/2C11H14O4S.C11H14O2S.C11H14O2.C10H13NO4S.CH4S/c2*1-5-9(7-8-11(12)15-3)10(6-2)16(4,13)14;1-5-9(10(6-2)14-4)7-8-11(12)13-3;1-5-9(3)10(6-2)7-8-11(12)13-4;1-4-8(6-7-10(12)11-13)9(5-2)16(3,14)15;1-2/h2*5-8H,1-2H2,3-4H3;5-8H,1-2H2,3-4H3;5-8H,1-2H2,3-4H3;4-7,13H,1-2H2,3H3,(H,11,12);2H,1H3/b3*8-7+,10-9-;8-7+,10-9+;7-6+,9-8-;. The third-order valence-electron chi connectivity index (χ3n) is 8.08. The number of thioether (sulfide) groups is 1. The van der Waals surface area contributed by atoms with Crippen LogP contribution in [0.1, 0.15) is 6.92 Å². The molecule has 77 heavy (non-hydrogen) atoms. The highest BCUT2D eigenvalue weighted by molar-refractivity contribution is 8.02. The van der Waals surface area contributed by atoms with Crippen molar-refractivity contribution >= 4 is 83.7 Å². The van der Waals surface area contributed by atoms with E-state index in [1.165, 1.54) is 94.7 Å². The molecule has 0 spiro atoms. The van der Waals surface area contributed by atoms with Crippen molar-refractivity contribution in [1.82, 2.24) is 5.48 Å². The Labute approximate surface area is 466 Å². The van der Waals surface area contributed by atoms with Gasteiger partial charge < -0.3 is 18.9 Å². The molecule has 0 aliphatic carbocycles. The lowest BCUT2D eigenvalue weighted by Crippen LogP contribution is -2.15. The van der Waals surface area contributed by atoms with Crippen molar-refractivity contribution in [1.29, 1.82) is 0 Å². The summed E-state index contributed by atoms with van der Waals surface area (Å²) >= 11 is 5.08. The average molecular weight is 1160 g/mol. The summed E-state index contributed by atoms with van der Waals surface area (Å²) in [5.41, 5.74) is 4.88.